The monoisotopic (exact) mass is 697 g/mol. The lowest BCUT2D eigenvalue weighted by Gasteiger charge is -2.19. The first kappa shape index (κ1) is 31.8. The van der Waals surface area contributed by atoms with Crippen LogP contribution in [0.25, 0.3) is 94.7 Å². The van der Waals surface area contributed by atoms with Crippen molar-refractivity contribution in [2.45, 2.75) is 26.2 Å². The first-order valence-electron chi connectivity index (χ1n) is 18.2. The van der Waals surface area contributed by atoms with Crippen LogP contribution >= 0.6 is 0 Å². The quantitative estimate of drug-likeness (QED) is 0.179. The number of nitrogens with zero attached hydrogens (tertiary/aromatic N) is 5. The van der Waals surface area contributed by atoms with Crippen LogP contribution in [0.4, 0.5) is 0 Å². The van der Waals surface area contributed by atoms with Gasteiger partial charge in [0.15, 0.2) is 17.5 Å². The Morgan fingerprint density at radius 2 is 1.15 bits per heavy atom. The van der Waals surface area contributed by atoms with Gasteiger partial charge in [-0.1, -0.05) is 142 Å². The zero-order valence-corrected chi connectivity index (χ0v) is 30.2. The van der Waals surface area contributed by atoms with Crippen molar-refractivity contribution in [1.29, 1.82) is 0 Å². The van der Waals surface area contributed by atoms with Crippen LogP contribution in [0.1, 0.15) is 26.3 Å². The van der Waals surface area contributed by atoms with E-state index in [1.807, 2.05) is 60.9 Å². The Morgan fingerprint density at radius 1 is 0.500 bits per heavy atom. The van der Waals surface area contributed by atoms with Crippen LogP contribution in [-0.2, 0) is 5.41 Å². The maximum Gasteiger partial charge on any atom is 0.166 e. The summed E-state index contributed by atoms with van der Waals surface area (Å²) >= 11 is 0. The van der Waals surface area contributed by atoms with E-state index in [0.29, 0.717) is 17.5 Å². The maximum atomic E-state index is 6.48. The molecular weight excluding hydrogens is 663 g/mol. The third kappa shape index (κ3) is 5.26. The molecule has 10 aromatic rings. The molecule has 0 saturated carbocycles. The third-order valence-electron chi connectivity index (χ3n) is 10.3. The van der Waals surface area contributed by atoms with Crippen LogP contribution in [0.5, 0.6) is 0 Å². The van der Waals surface area contributed by atoms with Crippen LogP contribution in [0.3, 0.4) is 0 Å². The molecule has 4 heterocycles. The molecule has 0 aliphatic heterocycles. The summed E-state index contributed by atoms with van der Waals surface area (Å²) in [5.41, 5.74) is 10.8. The van der Waals surface area contributed by atoms with E-state index in [4.69, 9.17) is 19.4 Å². The Kier molecular flexibility index (Phi) is 7.27. The molecule has 10 rings (SSSR count). The van der Waals surface area contributed by atoms with Crippen LogP contribution in [0.15, 0.2) is 162 Å². The van der Waals surface area contributed by atoms with E-state index < -0.39 is 0 Å². The molecule has 0 radical (unpaired) electrons. The van der Waals surface area contributed by atoms with Gasteiger partial charge in [-0.3, -0.25) is 4.98 Å². The van der Waals surface area contributed by atoms with Crippen LogP contribution < -0.4 is 0 Å². The third-order valence-corrected chi connectivity index (χ3v) is 10.3. The second kappa shape index (κ2) is 12.3. The van der Waals surface area contributed by atoms with E-state index in [0.717, 1.165) is 77.2 Å². The number of rotatable bonds is 5. The minimum atomic E-state index is 0.0324. The van der Waals surface area contributed by atoms with E-state index in [1.165, 1.54) is 5.56 Å². The van der Waals surface area contributed by atoms with Crippen LogP contribution in [-0.4, -0.2) is 24.5 Å². The van der Waals surface area contributed by atoms with Gasteiger partial charge in [0.2, 0.25) is 0 Å². The molecule has 0 atom stereocenters. The second-order valence-corrected chi connectivity index (χ2v) is 14.8. The zero-order valence-electron chi connectivity index (χ0n) is 30.2. The smallest absolute Gasteiger partial charge is 0.166 e. The molecule has 0 bridgehead atoms. The fourth-order valence-electron chi connectivity index (χ4n) is 7.59. The van der Waals surface area contributed by atoms with Crippen molar-refractivity contribution < 1.29 is 4.42 Å². The minimum Gasteiger partial charge on any atom is -0.455 e. The largest absolute Gasteiger partial charge is 0.455 e. The van der Waals surface area contributed by atoms with Gasteiger partial charge in [0.1, 0.15) is 11.2 Å². The van der Waals surface area contributed by atoms with Gasteiger partial charge in [-0.05, 0) is 40.8 Å². The Hall–Kier alpha value is -6.92. The molecule has 0 N–H and O–H groups in total. The van der Waals surface area contributed by atoms with Crippen molar-refractivity contribution >= 4 is 43.7 Å². The highest BCUT2D eigenvalue weighted by Gasteiger charge is 2.21. The van der Waals surface area contributed by atoms with Gasteiger partial charge in [-0.25, -0.2) is 15.0 Å². The summed E-state index contributed by atoms with van der Waals surface area (Å²) in [6.07, 6.45) is 3.72. The molecule has 0 fully saturated rings. The molecule has 258 valence electrons. The number of aromatic nitrogens is 5. The predicted molar refractivity (Wildman–Crippen MR) is 220 cm³/mol. The molecule has 54 heavy (non-hydrogen) atoms. The second-order valence-electron chi connectivity index (χ2n) is 14.8. The summed E-state index contributed by atoms with van der Waals surface area (Å²) in [5, 5.41) is 4.50. The fraction of sp³-hybridized carbons (Fsp3) is 0.0833. The molecule has 0 saturated heterocycles. The molecule has 6 heteroatoms. The lowest BCUT2D eigenvalue weighted by Crippen LogP contribution is -2.10. The maximum absolute atomic E-state index is 6.48. The highest BCUT2D eigenvalue weighted by Crippen LogP contribution is 2.40. The minimum absolute atomic E-state index is 0.0324. The topological polar surface area (TPSA) is 69.6 Å². The molecule has 4 aromatic heterocycles. The van der Waals surface area contributed by atoms with Crippen molar-refractivity contribution in [2.24, 2.45) is 0 Å². The van der Waals surface area contributed by atoms with E-state index in [1.54, 1.807) is 0 Å². The van der Waals surface area contributed by atoms with Gasteiger partial charge in [-0.2, -0.15) is 0 Å². The SMILES string of the molecule is CC(C)(C)c1ccc(-c2nc(-c3ccccc3)nc(-c3ccncc3-n3c4ccccc4c4ccc(-c5cccc6c5oc5ccccc56)cc43)n2)cc1. The van der Waals surface area contributed by atoms with E-state index in [2.05, 4.69) is 127 Å². The van der Waals surface area contributed by atoms with Crippen LogP contribution in [0, 0.1) is 0 Å². The first-order valence-corrected chi connectivity index (χ1v) is 18.2. The lowest BCUT2D eigenvalue weighted by atomic mass is 9.87. The Balaban J connectivity index is 1.20. The molecule has 6 aromatic carbocycles. The number of pyridine rings is 1. The standard InChI is InChI=1S/C48H35N5O/c1-48(2,3)33-23-20-31(21-24-33)46-50-45(30-12-5-4-6-13-30)51-47(52-46)39-26-27-49-29-42(39)53-40-18-9-7-14-35(40)36-25-22-32(28-41(36)53)34-16-11-17-38-37-15-8-10-19-43(37)54-44(34)38/h4-29H,1-3H3. The Labute approximate surface area is 312 Å². The number of furan rings is 1. The zero-order chi connectivity index (χ0) is 36.4. The molecule has 0 spiro atoms. The van der Waals surface area contributed by atoms with Gasteiger partial charge in [0.05, 0.1) is 22.9 Å². The average Bonchev–Trinajstić information content (AvgIpc) is 3.76. The Morgan fingerprint density at radius 3 is 1.94 bits per heavy atom. The molecule has 0 unspecified atom stereocenters. The predicted octanol–water partition coefficient (Wildman–Crippen LogP) is 12.2. The number of benzene rings is 6. The van der Waals surface area contributed by atoms with Gasteiger partial charge in [0.25, 0.3) is 0 Å². The number of fused-ring (bicyclic) bond motifs is 6. The normalized spacial score (nSPS) is 12.0. The lowest BCUT2D eigenvalue weighted by molar-refractivity contribution is 0.590. The van der Waals surface area contributed by atoms with Crippen molar-refractivity contribution in [3.05, 3.63) is 164 Å². The molecule has 0 aliphatic carbocycles. The van der Waals surface area contributed by atoms with Gasteiger partial charge >= 0.3 is 0 Å². The molecule has 0 aliphatic rings. The van der Waals surface area contributed by atoms with E-state index >= 15 is 0 Å². The average molecular weight is 698 g/mol. The summed E-state index contributed by atoms with van der Waals surface area (Å²) in [4.78, 5) is 20.0. The number of hydrogen-bond acceptors (Lipinski definition) is 5. The van der Waals surface area contributed by atoms with Gasteiger partial charge in [-0.15, -0.1) is 0 Å². The van der Waals surface area contributed by atoms with Gasteiger partial charge in [0, 0.05) is 50.0 Å². The van der Waals surface area contributed by atoms with E-state index in [-0.39, 0.29) is 5.41 Å². The van der Waals surface area contributed by atoms with Crippen molar-refractivity contribution in [3.63, 3.8) is 0 Å². The summed E-state index contributed by atoms with van der Waals surface area (Å²) in [6, 6.07) is 50.5. The summed E-state index contributed by atoms with van der Waals surface area (Å²) in [5.74, 6) is 1.80. The summed E-state index contributed by atoms with van der Waals surface area (Å²) in [6.45, 7) is 6.66. The number of hydrogen-bond donors (Lipinski definition) is 0. The van der Waals surface area contributed by atoms with Gasteiger partial charge < -0.3 is 8.98 Å². The van der Waals surface area contributed by atoms with Crippen molar-refractivity contribution in [3.8, 4) is 51.0 Å². The van der Waals surface area contributed by atoms with E-state index in [9.17, 15) is 0 Å². The fourth-order valence-corrected chi connectivity index (χ4v) is 7.59. The molecular formula is C48H35N5O. The number of para-hydroxylation sites is 3. The first-order chi connectivity index (χ1) is 26.4. The Bertz CT molecular complexity index is 3020. The van der Waals surface area contributed by atoms with Crippen molar-refractivity contribution in [2.75, 3.05) is 0 Å². The highest BCUT2D eigenvalue weighted by molar-refractivity contribution is 6.13. The summed E-state index contributed by atoms with van der Waals surface area (Å²) in [7, 11) is 0. The highest BCUT2D eigenvalue weighted by atomic mass is 16.3. The van der Waals surface area contributed by atoms with Crippen LogP contribution in [0.2, 0.25) is 0 Å². The van der Waals surface area contributed by atoms with Crippen molar-refractivity contribution in [1.82, 2.24) is 24.5 Å². The molecule has 0 amide bonds. The molecule has 6 nitrogen and oxygen atoms in total. The summed E-state index contributed by atoms with van der Waals surface area (Å²) < 4.78 is 8.77.